The van der Waals surface area contributed by atoms with Gasteiger partial charge in [-0.25, -0.2) is 0 Å². The van der Waals surface area contributed by atoms with Crippen LogP contribution >= 0.6 is 0 Å². The predicted molar refractivity (Wildman–Crippen MR) is 94.6 cm³/mol. The molecule has 2 rings (SSSR count). The minimum atomic E-state index is -0.273. The summed E-state index contributed by atoms with van der Waals surface area (Å²) in [5.74, 6) is 0.880. The van der Waals surface area contributed by atoms with Crippen LogP contribution in [0.5, 0.6) is 11.5 Å². The van der Waals surface area contributed by atoms with Gasteiger partial charge in [0.25, 0.3) is 0 Å². The number of nitrogens with zero attached hydrogens (tertiary/aromatic N) is 1. The van der Waals surface area contributed by atoms with Gasteiger partial charge in [-0.3, -0.25) is 9.59 Å². The van der Waals surface area contributed by atoms with Crippen LogP contribution in [0.25, 0.3) is 6.08 Å². The Morgan fingerprint density at radius 3 is 2.52 bits per heavy atom. The number of carbonyl (C=O) groups is 2. The monoisotopic (exact) mass is 347 g/mol. The van der Waals surface area contributed by atoms with Crippen molar-refractivity contribution in [1.82, 2.24) is 4.90 Å². The Balaban J connectivity index is 2.00. The molecule has 0 bridgehead atoms. The Morgan fingerprint density at radius 2 is 1.92 bits per heavy atom. The fourth-order valence-corrected chi connectivity index (χ4v) is 2.52. The third kappa shape index (κ3) is 5.52. The number of ether oxygens (including phenoxy) is 3. The lowest BCUT2D eigenvalue weighted by molar-refractivity contribution is -0.143. The molecule has 0 unspecified atom stereocenters. The normalized spacial score (nSPS) is 13.6. The average molecular weight is 347 g/mol. The molecule has 0 atom stereocenters. The molecule has 1 aliphatic rings. The van der Waals surface area contributed by atoms with Crippen molar-refractivity contribution in [3.8, 4) is 11.5 Å². The first-order valence-corrected chi connectivity index (χ1v) is 8.45. The van der Waals surface area contributed by atoms with E-state index in [0.29, 0.717) is 24.7 Å². The van der Waals surface area contributed by atoms with Gasteiger partial charge in [-0.05, 0) is 43.5 Å². The second-order valence-corrected chi connectivity index (χ2v) is 5.77. The summed E-state index contributed by atoms with van der Waals surface area (Å²) in [7, 11) is 3.15. The molecule has 136 valence electrons. The fourth-order valence-electron chi connectivity index (χ4n) is 2.52. The molecule has 1 aromatic rings. The summed E-state index contributed by atoms with van der Waals surface area (Å²) in [6.45, 7) is 2.52. The van der Waals surface area contributed by atoms with E-state index in [4.69, 9.17) is 14.2 Å². The zero-order valence-corrected chi connectivity index (χ0v) is 15.0. The highest BCUT2D eigenvalue weighted by molar-refractivity contribution is 5.92. The number of benzene rings is 1. The molecule has 1 fully saturated rings. The highest BCUT2D eigenvalue weighted by Crippen LogP contribution is 2.29. The number of esters is 1. The lowest BCUT2D eigenvalue weighted by Gasteiger charge is -2.20. The standard InChI is InChI=1S/C19H25NO5/c1-4-25-19(22)11-12-20(15-7-8-15)18(21)10-6-14-5-9-16(23-2)17(13-14)24-3/h5-6,9-10,13,15H,4,7-8,11-12H2,1-3H3/b10-6+. The van der Waals surface area contributed by atoms with E-state index in [0.717, 1.165) is 18.4 Å². The largest absolute Gasteiger partial charge is 0.493 e. The Kier molecular flexibility index (Phi) is 6.86. The molecule has 0 spiro atoms. The molecule has 6 nitrogen and oxygen atoms in total. The van der Waals surface area contributed by atoms with E-state index in [9.17, 15) is 9.59 Å². The van der Waals surface area contributed by atoms with E-state index >= 15 is 0 Å². The lowest BCUT2D eigenvalue weighted by atomic mass is 10.2. The van der Waals surface area contributed by atoms with Crippen molar-refractivity contribution in [2.45, 2.75) is 32.2 Å². The summed E-state index contributed by atoms with van der Waals surface area (Å²) in [6, 6.07) is 5.69. The van der Waals surface area contributed by atoms with Crippen LogP contribution in [0.2, 0.25) is 0 Å². The van der Waals surface area contributed by atoms with E-state index in [-0.39, 0.29) is 24.3 Å². The second-order valence-electron chi connectivity index (χ2n) is 5.77. The molecule has 6 heteroatoms. The number of carbonyl (C=O) groups excluding carboxylic acids is 2. The highest BCUT2D eigenvalue weighted by atomic mass is 16.5. The summed E-state index contributed by atoms with van der Waals surface area (Å²) < 4.78 is 15.4. The molecule has 0 radical (unpaired) electrons. The van der Waals surface area contributed by atoms with Crippen molar-refractivity contribution in [3.63, 3.8) is 0 Å². The molecule has 1 aliphatic carbocycles. The SMILES string of the molecule is CCOC(=O)CCN(C(=O)/C=C/c1ccc(OC)c(OC)c1)C1CC1. The van der Waals surface area contributed by atoms with Gasteiger partial charge in [0.2, 0.25) is 5.91 Å². The van der Waals surface area contributed by atoms with Crippen LogP contribution in [0.4, 0.5) is 0 Å². The van der Waals surface area contributed by atoms with Gasteiger partial charge in [0.15, 0.2) is 11.5 Å². The second kappa shape index (κ2) is 9.11. The van der Waals surface area contributed by atoms with Crippen molar-refractivity contribution in [1.29, 1.82) is 0 Å². The first-order chi connectivity index (χ1) is 12.1. The van der Waals surface area contributed by atoms with Crippen LogP contribution in [0, 0.1) is 0 Å². The van der Waals surface area contributed by atoms with Gasteiger partial charge in [-0.2, -0.15) is 0 Å². The fraction of sp³-hybridized carbons (Fsp3) is 0.474. The van der Waals surface area contributed by atoms with Gasteiger partial charge in [0.1, 0.15) is 0 Å². The summed E-state index contributed by atoms with van der Waals surface area (Å²) in [4.78, 5) is 25.7. The molecule has 1 saturated carbocycles. The Bertz CT molecular complexity index is 637. The van der Waals surface area contributed by atoms with E-state index < -0.39 is 0 Å². The first kappa shape index (κ1) is 18.8. The van der Waals surface area contributed by atoms with Crippen LogP contribution < -0.4 is 9.47 Å². The molecule has 1 aromatic carbocycles. The molecular formula is C19H25NO5. The first-order valence-electron chi connectivity index (χ1n) is 8.45. The zero-order chi connectivity index (χ0) is 18.2. The van der Waals surface area contributed by atoms with E-state index in [1.54, 1.807) is 38.2 Å². The molecule has 0 N–H and O–H groups in total. The molecular weight excluding hydrogens is 322 g/mol. The minimum absolute atomic E-state index is 0.0958. The van der Waals surface area contributed by atoms with Crippen molar-refractivity contribution < 1.29 is 23.8 Å². The van der Waals surface area contributed by atoms with Gasteiger partial charge in [-0.1, -0.05) is 6.07 Å². The van der Waals surface area contributed by atoms with Crippen molar-refractivity contribution >= 4 is 18.0 Å². The number of rotatable bonds is 9. The minimum Gasteiger partial charge on any atom is -0.493 e. The summed E-state index contributed by atoms with van der Waals surface area (Å²) in [5.41, 5.74) is 0.840. The van der Waals surface area contributed by atoms with Crippen LogP contribution in [0.3, 0.4) is 0 Å². The zero-order valence-electron chi connectivity index (χ0n) is 15.0. The maximum absolute atomic E-state index is 12.5. The van der Waals surface area contributed by atoms with Gasteiger partial charge in [0, 0.05) is 18.7 Å². The van der Waals surface area contributed by atoms with Crippen molar-refractivity contribution in [2.75, 3.05) is 27.4 Å². The smallest absolute Gasteiger partial charge is 0.307 e. The van der Waals surface area contributed by atoms with Crippen molar-refractivity contribution in [3.05, 3.63) is 29.8 Å². The molecule has 0 saturated heterocycles. The molecule has 25 heavy (non-hydrogen) atoms. The van der Waals surface area contributed by atoms with Gasteiger partial charge in [0.05, 0.1) is 27.2 Å². The molecule has 0 aliphatic heterocycles. The number of amides is 1. The van der Waals surface area contributed by atoms with Gasteiger partial charge in [-0.15, -0.1) is 0 Å². The quantitative estimate of drug-likeness (QED) is 0.507. The highest BCUT2D eigenvalue weighted by Gasteiger charge is 2.31. The molecule has 0 heterocycles. The van der Waals surface area contributed by atoms with Gasteiger partial charge < -0.3 is 19.1 Å². The van der Waals surface area contributed by atoms with Crippen LogP contribution in [0.15, 0.2) is 24.3 Å². The summed E-state index contributed by atoms with van der Waals surface area (Å²) >= 11 is 0. The third-order valence-electron chi connectivity index (χ3n) is 3.96. The number of hydrogen-bond acceptors (Lipinski definition) is 5. The summed E-state index contributed by atoms with van der Waals surface area (Å²) in [6.07, 6.45) is 5.46. The van der Waals surface area contributed by atoms with E-state index in [1.165, 1.54) is 6.08 Å². The lowest BCUT2D eigenvalue weighted by Crippen LogP contribution is -2.33. The Hall–Kier alpha value is -2.50. The predicted octanol–water partition coefficient (Wildman–Crippen LogP) is 2.66. The van der Waals surface area contributed by atoms with E-state index in [2.05, 4.69) is 0 Å². The molecule has 1 amide bonds. The van der Waals surface area contributed by atoms with Crippen LogP contribution in [0.1, 0.15) is 31.7 Å². The Labute approximate surface area is 148 Å². The van der Waals surface area contributed by atoms with Crippen molar-refractivity contribution in [2.24, 2.45) is 0 Å². The third-order valence-corrected chi connectivity index (χ3v) is 3.96. The summed E-state index contributed by atoms with van der Waals surface area (Å²) in [5, 5.41) is 0. The van der Waals surface area contributed by atoms with Crippen LogP contribution in [-0.4, -0.2) is 50.2 Å². The van der Waals surface area contributed by atoms with E-state index in [1.807, 2.05) is 12.1 Å². The van der Waals surface area contributed by atoms with Crippen LogP contribution in [-0.2, 0) is 14.3 Å². The number of methoxy groups -OCH3 is 2. The average Bonchev–Trinajstić information content (AvgIpc) is 3.45. The topological polar surface area (TPSA) is 65.1 Å². The maximum atomic E-state index is 12.5. The molecule has 0 aromatic heterocycles. The maximum Gasteiger partial charge on any atom is 0.307 e. The van der Waals surface area contributed by atoms with Gasteiger partial charge >= 0.3 is 5.97 Å². The Morgan fingerprint density at radius 1 is 1.20 bits per heavy atom. The number of hydrogen-bond donors (Lipinski definition) is 0.